The molecule has 6 heteroatoms. The fourth-order valence-electron chi connectivity index (χ4n) is 8.38. The normalized spacial score (nSPS) is 17.7. The number of carbonyl (C=O) groups is 2. The smallest absolute Gasteiger partial charge is 0.182 e. The van der Waals surface area contributed by atoms with Crippen molar-refractivity contribution in [2.75, 3.05) is 0 Å². The first-order chi connectivity index (χ1) is 24.2. The minimum Gasteiger partial charge on any atom is -0.355 e. The standard InChI is InChI=1S/C44H50N4O2/c1-7-31-25(3)35-21-37-28(6)34-18-14-10-12-16-30-20-43(49)29(19-44(30)50)15-11-9-13-17-33-27(5)38(47-41(33)23-39(31)45-35)22-36-26(4)32(8-2)40(46-36)24-42(34)48-37/h19-24,45-46H,7-18H2,1-6H3. The van der Waals surface area contributed by atoms with Crippen LogP contribution >= 0.6 is 0 Å². The average Bonchev–Trinajstić information content (AvgIpc) is 3.75. The van der Waals surface area contributed by atoms with Crippen molar-refractivity contribution in [3.63, 3.8) is 0 Å². The Morgan fingerprint density at radius 3 is 1.30 bits per heavy atom. The molecule has 2 N–H and O–H groups in total. The van der Waals surface area contributed by atoms with Gasteiger partial charge < -0.3 is 9.97 Å². The molecule has 0 saturated carbocycles. The van der Waals surface area contributed by atoms with Crippen LogP contribution < -0.4 is 0 Å². The molecule has 6 nitrogen and oxygen atoms in total. The van der Waals surface area contributed by atoms with Crippen LogP contribution in [0.3, 0.4) is 0 Å². The molecule has 10 rings (SSSR count). The summed E-state index contributed by atoms with van der Waals surface area (Å²) in [4.78, 5) is 44.2. The largest absolute Gasteiger partial charge is 0.355 e. The Morgan fingerprint density at radius 1 is 0.520 bits per heavy atom. The van der Waals surface area contributed by atoms with Crippen molar-refractivity contribution in [3.8, 4) is 0 Å². The van der Waals surface area contributed by atoms with E-state index in [0.717, 1.165) is 109 Å². The zero-order chi connectivity index (χ0) is 35.1. The van der Waals surface area contributed by atoms with Crippen molar-refractivity contribution in [2.45, 2.75) is 119 Å². The molecular formula is C44H50N4O2. The highest BCUT2D eigenvalue weighted by molar-refractivity contribution is 6.19. The number of aromatic nitrogens is 4. The van der Waals surface area contributed by atoms with Crippen LogP contribution in [0.5, 0.6) is 0 Å². The number of allylic oxidation sites excluding steroid dienone is 8. The van der Waals surface area contributed by atoms with Gasteiger partial charge in [-0.15, -0.1) is 0 Å². The van der Waals surface area contributed by atoms with E-state index in [4.69, 9.17) is 9.97 Å². The van der Waals surface area contributed by atoms with E-state index in [1.165, 1.54) is 44.5 Å². The van der Waals surface area contributed by atoms with E-state index in [-0.39, 0.29) is 11.6 Å². The molecule has 1 aliphatic carbocycles. The summed E-state index contributed by atoms with van der Waals surface area (Å²) in [7, 11) is 0. The first-order valence-electron chi connectivity index (χ1n) is 18.8. The summed E-state index contributed by atoms with van der Waals surface area (Å²) in [5.74, 6) is 0.0278. The average molecular weight is 667 g/mol. The number of nitrogens with zero attached hydrogens (tertiary/aromatic N) is 2. The minimum atomic E-state index is 0.0139. The number of carbonyl (C=O) groups excluding carboxylic acids is 2. The summed E-state index contributed by atoms with van der Waals surface area (Å²) >= 11 is 0. The number of aryl methyl sites for hydroxylation is 4. The molecule has 258 valence electrons. The third kappa shape index (κ3) is 6.29. The third-order valence-electron chi connectivity index (χ3n) is 11.5. The number of nitrogens with one attached hydrogen (secondary N) is 2. The number of H-pyrrole nitrogens is 2. The van der Waals surface area contributed by atoms with Crippen molar-refractivity contribution in [3.05, 3.63) is 92.6 Å². The Balaban J connectivity index is 1.45. The van der Waals surface area contributed by atoms with E-state index < -0.39 is 0 Å². The number of aromatic amines is 2. The van der Waals surface area contributed by atoms with E-state index in [0.29, 0.717) is 24.0 Å². The summed E-state index contributed by atoms with van der Waals surface area (Å²) in [5, 5.41) is 0. The van der Waals surface area contributed by atoms with E-state index in [1.807, 2.05) is 0 Å². The van der Waals surface area contributed by atoms with Gasteiger partial charge in [-0.3, -0.25) is 9.59 Å². The number of ketones is 2. The second-order valence-electron chi connectivity index (χ2n) is 14.6. The number of rotatable bonds is 2. The highest BCUT2D eigenvalue weighted by Crippen LogP contribution is 2.38. The Labute approximate surface area is 295 Å². The van der Waals surface area contributed by atoms with Crippen molar-refractivity contribution in [1.29, 1.82) is 0 Å². The summed E-state index contributed by atoms with van der Waals surface area (Å²) in [6.07, 6.45) is 13.9. The highest BCUT2D eigenvalue weighted by atomic mass is 16.1. The molecule has 0 aromatic carbocycles. The van der Waals surface area contributed by atoms with Gasteiger partial charge >= 0.3 is 0 Å². The molecule has 12 bridgehead atoms. The van der Waals surface area contributed by atoms with Crippen LogP contribution in [0.2, 0.25) is 0 Å². The van der Waals surface area contributed by atoms with Gasteiger partial charge in [0.25, 0.3) is 0 Å². The second kappa shape index (κ2) is 14.0. The van der Waals surface area contributed by atoms with Crippen LogP contribution in [-0.4, -0.2) is 31.5 Å². The van der Waals surface area contributed by atoms with Crippen molar-refractivity contribution in [1.82, 2.24) is 19.9 Å². The summed E-state index contributed by atoms with van der Waals surface area (Å²) in [6.45, 7) is 13.3. The quantitative estimate of drug-likeness (QED) is 0.266. The lowest BCUT2D eigenvalue weighted by molar-refractivity contribution is -0.115. The number of hydrogen-bond acceptors (Lipinski definition) is 4. The summed E-state index contributed by atoms with van der Waals surface area (Å²) in [5.41, 5.74) is 19.9. The van der Waals surface area contributed by atoms with Gasteiger partial charge in [-0.2, -0.15) is 0 Å². The van der Waals surface area contributed by atoms with Gasteiger partial charge in [-0.25, -0.2) is 9.97 Å². The summed E-state index contributed by atoms with van der Waals surface area (Å²) in [6, 6.07) is 8.99. The van der Waals surface area contributed by atoms with Crippen LogP contribution in [-0.2, 0) is 22.4 Å². The lowest BCUT2D eigenvalue weighted by atomic mass is 9.90. The van der Waals surface area contributed by atoms with Crippen LogP contribution in [0, 0.1) is 13.8 Å². The predicted molar refractivity (Wildman–Crippen MR) is 207 cm³/mol. The first-order valence-corrected chi connectivity index (χ1v) is 18.8. The maximum Gasteiger partial charge on any atom is 0.182 e. The molecule has 50 heavy (non-hydrogen) atoms. The Hall–Kier alpha value is -4.58. The number of hydrogen-bond donors (Lipinski definition) is 2. The van der Waals surface area contributed by atoms with E-state index >= 15 is 0 Å². The molecule has 6 aliphatic heterocycles. The lowest BCUT2D eigenvalue weighted by Gasteiger charge is -2.13. The van der Waals surface area contributed by atoms with Crippen LogP contribution in [0.4, 0.5) is 0 Å². The minimum absolute atomic E-state index is 0.0139. The maximum atomic E-state index is 13.0. The molecule has 0 amide bonds. The van der Waals surface area contributed by atoms with Gasteiger partial charge in [-0.1, -0.05) is 26.7 Å². The van der Waals surface area contributed by atoms with Gasteiger partial charge in [0, 0.05) is 33.2 Å². The molecule has 0 fully saturated rings. The zero-order valence-electron chi connectivity index (χ0n) is 30.7. The van der Waals surface area contributed by atoms with Crippen molar-refractivity contribution < 1.29 is 9.59 Å². The Bertz CT molecular complexity index is 2060. The molecule has 9 heterocycles. The molecule has 0 saturated heterocycles. The zero-order valence-corrected chi connectivity index (χ0v) is 30.7. The third-order valence-corrected chi connectivity index (χ3v) is 11.5. The van der Waals surface area contributed by atoms with Crippen LogP contribution in [0.15, 0.2) is 47.6 Å². The molecule has 0 radical (unpaired) electrons. The molecule has 3 aromatic heterocycles. The fourth-order valence-corrected chi connectivity index (χ4v) is 8.38. The second-order valence-corrected chi connectivity index (χ2v) is 14.6. The van der Waals surface area contributed by atoms with Crippen LogP contribution in [0.25, 0.3) is 44.4 Å². The Kier molecular flexibility index (Phi) is 9.47. The Morgan fingerprint density at radius 2 is 0.900 bits per heavy atom. The van der Waals surface area contributed by atoms with Gasteiger partial charge in [0.15, 0.2) is 11.6 Å². The monoisotopic (exact) mass is 666 g/mol. The first kappa shape index (κ1) is 33.9. The summed E-state index contributed by atoms with van der Waals surface area (Å²) < 4.78 is 0. The van der Waals surface area contributed by atoms with Crippen molar-refractivity contribution in [2.24, 2.45) is 0 Å². The molecule has 7 aliphatic rings. The molecule has 0 spiro atoms. The molecular weight excluding hydrogens is 617 g/mol. The maximum absolute atomic E-state index is 13.0. The van der Waals surface area contributed by atoms with Crippen molar-refractivity contribution >= 4 is 55.9 Å². The van der Waals surface area contributed by atoms with Gasteiger partial charge in [-0.05, 0) is 173 Å². The highest BCUT2D eigenvalue weighted by Gasteiger charge is 2.23. The molecule has 0 unspecified atom stereocenters. The topological polar surface area (TPSA) is 91.5 Å². The predicted octanol–water partition coefficient (Wildman–Crippen LogP) is 10.8. The van der Waals surface area contributed by atoms with E-state index in [9.17, 15) is 9.59 Å². The molecule has 0 atom stereocenters. The van der Waals surface area contributed by atoms with Crippen LogP contribution in [0.1, 0.15) is 137 Å². The van der Waals surface area contributed by atoms with E-state index in [2.05, 4.69) is 75.8 Å². The fraction of sp³-hybridized carbons (Fsp3) is 0.409. The van der Waals surface area contributed by atoms with Gasteiger partial charge in [0.2, 0.25) is 0 Å². The van der Waals surface area contributed by atoms with Gasteiger partial charge in [0.1, 0.15) is 0 Å². The SMILES string of the molecule is CCc1c(C)c2cc3nc4cc5[nH]c(cc6nc(cc1[nH]2)C(=C6C)CCCCCC1=CC(=O)C(=CC1=O)CCCCCC4=C3C)c(C)c5CC. The lowest BCUT2D eigenvalue weighted by Crippen LogP contribution is -2.13. The van der Waals surface area contributed by atoms with E-state index in [1.54, 1.807) is 12.2 Å². The molecule has 3 aromatic rings. The van der Waals surface area contributed by atoms with Gasteiger partial charge in [0.05, 0.1) is 22.8 Å².